The van der Waals surface area contributed by atoms with Crippen LogP contribution in [0.3, 0.4) is 0 Å². The largest absolute Gasteiger partial charge is 0.256 e. The van der Waals surface area contributed by atoms with E-state index in [1.165, 1.54) is 16.7 Å². The Morgan fingerprint density at radius 2 is 1.36 bits per heavy atom. The summed E-state index contributed by atoms with van der Waals surface area (Å²) in [5, 5.41) is 0. The first-order chi connectivity index (χ1) is 10.1. The lowest BCUT2D eigenvalue weighted by Gasteiger charge is -2.19. The van der Waals surface area contributed by atoms with Gasteiger partial charge in [-0.05, 0) is 53.0 Å². The molecule has 0 fully saturated rings. The molecule has 1 aromatic heterocycles. The number of hydrogen-bond donors (Lipinski definition) is 0. The number of aromatic nitrogens is 1. The maximum atomic E-state index is 4.58. The Morgan fingerprint density at radius 3 is 1.95 bits per heavy atom. The molecule has 1 aromatic carbocycles. The smallest absolute Gasteiger partial charge is 0.0704 e. The molecule has 2 rings (SSSR count). The second-order valence-electron chi connectivity index (χ2n) is 8.72. The molecule has 0 bridgehead atoms. The SMILES string of the molecule is CC(C)(C)Cc1cccc(-c2cc(CC(C)(C)C)ccn2)c1. The number of rotatable bonds is 3. The Hall–Kier alpha value is -1.63. The van der Waals surface area contributed by atoms with Gasteiger partial charge in [-0.25, -0.2) is 0 Å². The summed E-state index contributed by atoms with van der Waals surface area (Å²) in [6.45, 7) is 13.7. The monoisotopic (exact) mass is 295 g/mol. The van der Waals surface area contributed by atoms with Crippen LogP contribution in [-0.2, 0) is 12.8 Å². The number of benzene rings is 1. The van der Waals surface area contributed by atoms with Crippen LogP contribution in [0.2, 0.25) is 0 Å². The lowest BCUT2D eigenvalue weighted by atomic mass is 9.87. The summed E-state index contributed by atoms with van der Waals surface area (Å²) in [5.41, 5.74) is 5.65. The molecule has 0 aliphatic heterocycles. The summed E-state index contributed by atoms with van der Waals surface area (Å²) in [6.07, 6.45) is 4.10. The predicted octanol–water partition coefficient (Wildman–Crippen LogP) is 5.93. The molecule has 0 radical (unpaired) electrons. The zero-order chi connectivity index (χ0) is 16.4. The highest BCUT2D eigenvalue weighted by molar-refractivity contribution is 5.60. The van der Waals surface area contributed by atoms with Gasteiger partial charge in [-0.2, -0.15) is 0 Å². The highest BCUT2D eigenvalue weighted by Gasteiger charge is 2.14. The second-order valence-corrected chi connectivity index (χ2v) is 8.72. The van der Waals surface area contributed by atoms with Gasteiger partial charge in [0.05, 0.1) is 5.69 Å². The van der Waals surface area contributed by atoms with Crippen LogP contribution >= 0.6 is 0 Å². The molecule has 0 aliphatic carbocycles. The maximum Gasteiger partial charge on any atom is 0.0704 e. The predicted molar refractivity (Wildman–Crippen MR) is 96.0 cm³/mol. The van der Waals surface area contributed by atoms with Crippen LogP contribution in [0.4, 0.5) is 0 Å². The minimum Gasteiger partial charge on any atom is -0.256 e. The van der Waals surface area contributed by atoms with Crippen LogP contribution < -0.4 is 0 Å². The molecule has 0 atom stereocenters. The van der Waals surface area contributed by atoms with Gasteiger partial charge in [-0.1, -0.05) is 59.7 Å². The Labute approximate surface area is 135 Å². The molecule has 0 amide bonds. The maximum absolute atomic E-state index is 4.58. The average molecular weight is 295 g/mol. The van der Waals surface area contributed by atoms with Gasteiger partial charge >= 0.3 is 0 Å². The Morgan fingerprint density at radius 1 is 0.773 bits per heavy atom. The molecular weight excluding hydrogens is 266 g/mol. The second kappa shape index (κ2) is 6.24. The third kappa shape index (κ3) is 5.29. The van der Waals surface area contributed by atoms with Crippen LogP contribution in [0.15, 0.2) is 42.6 Å². The van der Waals surface area contributed by atoms with Gasteiger partial charge in [0.2, 0.25) is 0 Å². The third-order valence-electron chi connectivity index (χ3n) is 3.52. The molecule has 0 saturated heterocycles. The molecule has 0 unspecified atom stereocenters. The van der Waals surface area contributed by atoms with Gasteiger partial charge in [-0.15, -0.1) is 0 Å². The fraction of sp³-hybridized carbons (Fsp3) is 0.476. The molecule has 1 heteroatoms. The van der Waals surface area contributed by atoms with Crippen LogP contribution in [-0.4, -0.2) is 4.98 Å². The zero-order valence-corrected chi connectivity index (χ0v) is 14.9. The molecule has 118 valence electrons. The Kier molecular flexibility index (Phi) is 4.75. The van der Waals surface area contributed by atoms with Gasteiger partial charge in [0.25, 0.3) is 0 Å². The van der Waals surface area contributed by atoms with Gasteiger partial charge in [0, 0.05) is 11.8 Å². The molecule has 1 heterocycles. The van der Waals surface area contributed by atoms with Crippen molar-refractivity contribution in [3.05, 3.63) is 53.7 Å². The summed E-state index contributed by atoms with van der Waals surface area (Å²) in [6, 6.07) is 13.2. The van der Waals surface area contributed by atoms with E-state index in [0.717, 1.165) is 18.5 Å². The van der Waals surface area contributed by atoms with Crippen molar-refractivity contribution in [3.8, 4) is 11.3 Å². The molecule has 22 heavy (non-hydrogen) atoms. The Bertz CT molecular complexity index is 569. The first-order valence-corrected chi connectivity index (χ1v) is 8.17. The van der Waals surface area contributed by atoms with E-state index < -0.39 is 0 Å². The fourth-order valence-electron chi connectivity index (χ4n) is 2.81. The van der Waals surface area contributed by atoms with Gasteiger partial charge < -0.3 is 0 Å². The van der Waals surface area contributed by atoms with Crippen LogP contribution in [0.25, 0.3) is 11.3 Å². The van der Waals surface area contributed by atoms with Crippen molar-refractivity contribution in [1.29, 1.82) is 0 Å². The zero-order valence-electron chi connectivity index (χ0n) is 14.9. The highest BCUT2D eigenvalue weighted by Crippen LogP contribution is 2.26. The third-order valence-corrected chi connectivity index (χ3v) is 3.52. The summed E-state index contributed by atoms with van der Waals surface area (Å²) in [5.74, 6) is 0. The lowest BCUT2D eigenvalue weighted by Crippen LogP contribution is -2.09. The van der Waals surface area contributed by atoms with Crippen LogP contribution in [0.5, 0.6) is 0 Å². The fourth-order valence-corrected chi connectivity index (χ4v) is 2.81. The normalized spacial score (nSPS) is 12.5. The van der Waals surface area contributed by atoms with E-state index in [0.29, 0.717) is 10.8 Å². The lowest BCUT2D eigenvalue weighted by molar-refractivity contribution is 0.410. The molecule has 2 aromatic rings. The van der Waals surface area contributed by atoms with Crippen molar-refractivity contribution in [2.45, 2.75) is 54.4 Å². The minimum absolute atomic E-state index is 0.298. The minimum atomic E-state index is 0.298. The van der Waals surface area contributed by atoms with E-state index in [2.05, 4.69) is 82.9 Å². The number of pyridine rings is 1. The molecule has 0 N–H and O–H groups in total. The van der Waals surface area contributed by atoms with Gasteiger partial charge in [-0.3, -0.25) is 4.98 Å². The van der Waals surface area contributed by atoms with E-state index >= 15 is 0 Å². The summed E-state index contributed by atoms with van der Waals surface area (Å²) in [4.78, 5) is 4.58. The van der Waals surface area contributed by atoms with Crippen molar-refractivity contribution in [2.24, 2.45) is 10.8 Å². The quantitative estimate of drug-likeness (QED) is 0.684. The van der Waals surface area contributed by atoms with E-state index in [9.17, 15) is 0 Å². The van der Waals surface area contributed by atoms with Gasteiger partial charge in [0.15, 0.2) is 0 Å². The summed E-state index contributed by atoms with van der Waals surface area (Å²) < 4.78 is 0. The van der Waals surface area contributed by atoms with Crippen LogP contribution in [0, 0.1) is 10.8 Å². The van der Waals surface area contributed by atoms with E-state index in [1.807, 2.05) is 6.20 Å². The Balaban J connectivity index is 2.28. The number of hydrogen-bond acceptors (Lipinski definition) is 1. The average Bonchev–Trinajstić information content (AvgIpc) is 2.35. The van der Waals surface area contributed by atoms with Crippen molar-refractivity contribution in [2.75, 3.05) is 0 Å². The van der Waals surface area contributed by atoms with Crippen LogP contribution in [0.1, 0.15) is 52.7 Å². The number of nitrogens with zero attached hydrogens (tertiary/aromatic N) is 1. The van der Waals surface area contributed by atoms with E-state index in [1.54, 1.807) is 0 Å². The molecule has 0 aliphatic rings. The molecule has 0 saturated carbocycles. The topological polar surface area (TPSA) is 12.9 Å². The van der Waals surface area contributed by atoms with E-state index in [-0.39, 0.29) is 0 Å². The molecular formula is C21H29N. The first-order valence-electron chi connectivity index (χ1n) is 8.17. The van der Waals surface area contributed by atoms with Crippen molar-refractivity contribution >= 4 is 0 Å². The summed E-state index contributed by atoms with van der Waals surface area (Å²) in [7, 11) is 0. The van der Waals surface area contributed by atoms with Crippen molar-refractivity contribution < 1.29 is 0 Å². The van der Waals surface area contributed by atoms with E-state index in [4.69, 9.17) is 0 Å². The first kappa shape index (κ1) is 16.7. The molecule has 0 spiro atoms. The van der Waals surface area contributed by atoms with Crippen molar-refractivity contribution in [1.82, 2.24) is 4.98 Å². The van der Waals surface area contributed by atoms with Gasteiger partial charge in [0.1, 0.15) is 0 Å². The highest BCUT2D eigenvalue weighted by atomic mass is 14.7. The standard InChI is InChI=1S/C21H29N/c1-20(2,3)14-16-8-7-9-18(12-16)19-13-17(10-11-22-19)15-21(4,5)6/h7-13H,14-15H2,1-6H3. The van der Waals surface area contributed by atoms with Crippen molar-refractivity contribution in [3.63, 3.8) is 0 Å². The summed E-state index contributed by atoms with van der Waals surface area (Å²) >= 11 is 0. The molecule has 1 nitrogen and oxygen atoms in total.